The third-order valence-electron chi connectivity index (χ3n) is 6.66. The third kappa shape index (κ3) is 7.22. The minimum Gasteiger partial charge on any atom is -0.458 e. The molecule has 1 aliphatic heterocycles. The zero-order chi connectivity index (χ0) is 30.8. The summed E-state index contributed by atoms with van der Waals surface area (Å²) in [5.41, 5.74) is 6.58. The molecule has 1 aromatic carbocycles. The van der Waals surface area contributed by atoms with Crippen LogP contribution in [0.2, 0.25) is 0 Å². The Bertz CT molecular complexity index is 1460. The number of rotatable bonds is 7. The number of ether oxygens (including phenoxy) is 3. The molecule has 2 aromatic heterocycles. The Kier molecular flexibility index (Phi) is 8.85. The van der Waals surface area contributed by atoms with Crippen LogP contribution >= 0.6 is 0 Å². The maximum atomic E-state index is 13.7. The molecule has 0 bridgehead atoms. The van der Waals surface area contributed by atoms with E-state index in [2.05, 4.69) is 10.3 Å². The van der Waals surface area contributed by atoms with Crippen LogP contribution in [0.3, 0.4) is 0 Å². The molecular weight excluding hydrogens is 557 g/mol. The maximum Gasteiger partial charge on any atom is 0.416 e. The number of fused-ring (bicyclic) bond motifs is 1. The number of hydrogen-bond acceptors (Lipinski definition) is 9. The molecular formula is C28H35F3N6O5. The van der Waals surface area contributed by atoms with Crippen molar-refractivity contribution in [3.8, 4) is 0 Å². The standard InChI is InChI=1S/C28H35F3N6O5/c1-16-18(7-6-8-19(16)28(29,30)31)13-22-21(15-41-25(38)17(2)33-26(39)42-27(3,4)5)34-24-20(32)14-23(35-37(22)24)36-9-11-40-12-10-36/h6-8,14,17H,9-13,15,32H2,1-5H3,(H,33,39). The first-order valence-electron chi connectivity index (χ1n) is 13.5. The first kappa shape index (κ1) is 30.9. The lowest BCUT2D eigenvalue weighted by Gasteiger charge is -2.27. The molecule has 0 aliphatic carbocycles. The normalized spacial score (nSPS) is 15.0. The van der Waals surface area contributed by atoms with Crippen molar-refractivity contribution in [3.63, 3.8) is 0 Å². The largest absolute Gasteiger partial charge is 0.458 e. The second kappa shape index (κ2) is 12.0. The molecule has 1 fully saturated rings. The number of amides is 1. The number of imidazole rings is 1. The quantitative estimate of drug-likeness (QED) is 0.390. The van der Waals surface area contributed by atoms with Gasteiger partial charge in [-0.3, -0.25) is 0 Å². The Labute approximate surface area is 241 Å². The lowest BCUT2D eigenvalue weighted by atomic mass is 9.98. The van der Waals surface area contributed by atoms with Crippen molar-refractivity contribution in [2.75, 3.05) is 36.9 Å². The van der Waals surface area contributed by atoms with Gasteiger partial charge in [0, 0.05) is 25.6 Å². The predicted octanol–water partition coefficient (Wildman–Crippen LogP) is 4.02. The molecule has 3 heterocycles. The van der Waals surface area contributed by atoms with E-state index in [0.717, 1.165) is 6.07 Å². The van der Waals surface area contributed by atoms with Crippen molar-refractivity contribution in [3.05, 3.63) is 52.3 Å². The number of halogens is 3. The van der Waals surface area contributed by atoms with E-state index in [1.54, 1.807) is 32.9 Å². The van der Waals surface area contributed by atoms with E-state index < -0.39 is 35.4 Å². The van der Waals surface area contributed by atoms with Gasteiger partial charge in [0.2, 0.25) is 0 Å². The van der Waals surface area contributed by atoms with Gasteiger partial charge in [-0.25, -0.2) is 19.1 Å². The van der Waals surface area contributed by atoms with Crippen LogP contribution in [0, 0.1) is 6.92 Å². The van der Waals surface area contributed by atoms with E-state index in [0.29, 0.717) is 49.1 Å². The Morgan fingerprint density at radius 1 is 1.19 bits per heavy atom. The lowest BCUT2D eigenvalue weighted by molar-refractivity contribution is -0.147. The number of alkyl halides is 3. The molecule has 1 amide bonds. The Morgan fingerprint density at radius 2 is 1.88 bits per heavy atom. The second-order valence-electron chi connectivity index (χ2n) is 11.0. The summed E-state index contributed by atoms with van der Waals surface area (Å²) in [6.45, 7) is 9.78. The monoisotopic (exact) mass is 592 g/mol. The van der Waals surface area contributed by atoms with Crippen molar-refractivity contribution in [1.29, 1.82) is 0 Å². The van der Waals surface area contributed by atoms with E-state index in [1.807, 2.05) is 4.90 Å². The highest BCUT2D eigenvalue weighted by atomic mass is 19.4. The third-order valence-corrected chi connectivity index (χ3v) is 6.66. The number of morpholine rings is 1. The second-order valence-corrected chi connectivity index (χ2v) is 11.0. The number of hydrogen-bond donors (Lipinski definition) is 2. The molecule has 1 atom stereocenters. The molecule has 4 rings (SSSR count). The highest BCUT2D eigenvalue weighted by Crippen LogP contribution is 2.34. The summed E-state index contributed by atoms with van der Waals surface area (Å²) in [5.74, 6) is -0.199. The minimum absolute atomic E-state index is 0.00845. The fraction of sp³-hybridized carbons (Fsp3) is 0.500. The number of nitrogens with two attached hydrogens (primary N) is 1. The van der Waals surface area contributed by atoms with Crippen LogP contribution in [0.15, 0.2) is 24.3 Å². The number of alkyl carbamates (subject to hydrolysis) is 1. The first-order chi connectivity index (χ1) is 19.6. The van der Waals surface area contributed by atoms with Gasteiger partial charge in [0.25, 0.3) is 0 Å². The number of nitrogens with zero attached hydrogens (tertiary/aromatic N) is 4. The van der Waals surface area contributed by atoms with Gasteiger partial charge in [0.1, 0.15) is 23.9 Å². The van der Waals surface area contributed by atoms with E-state index in [4.69, 9.17) is 25.0 Å². The summed E-state index contributed by atoms with van der Waals surface area (Å²) >= 11 is 0. The van der Waals surface area contributed by atoms with Gasteiger partial charge in [-0.15, -0.1) is 5.10 Å². The minimum atomic E-state index is -4.53. The van der Waals surface area contributed by atoms with Crippen LogP contribution in [-0.4, -0.2) is 64.6 Å². The molecule has 1 aliphatic rings. The molecule has 1 saturated heterocycles. The highest BCUT2D eigenvalue weighted by Gasteiger charge is 2.33. The Hall–Kier alpha value is -4.07. The maximum absolute atomic E-state index is 13.7. The number of carbonyl (C=O) groups excluding carboxylic acids is 2. The summed E-state index contributed by atoms with van der Waals surface area (Å²) in [6.07, 6.45) is -5.30. The smallest absolute Gasteiger partial charge is 0.416 e. The van der Waals surface area contributed by atoms with Gasteiger partial charge in [-0.1, -0.05) is 12.1 Å². The highest BCUT2D eigenvalue weighted by molar-refractivity contribution is 5.81. The predicted molar refractivity (Wildman–Crippen MR) is 148 cm³/mol. The van der Waals surface area contributed by atoms with Crippen LogP contribution in [0.4, 0.5) is 29.5 Å². The van der Waals surface area contributed by atoms with Crippen LogP contribution in [0.5, 0.6) is 0 Å². The molecule has 228 valence electrons. The molecule has 42 heavy (non-hydrogen) atoms. The SMILES string of the molecule is Cc1c(Cc2c(COC(=O)C(C)NC(=O)OC(C)(C)C)nc3c(N)cc(N4CCOCC4)nn23)cccc1C(F)(F)F. The summed E-state index contributed by atoms with van der Waals surface area (Å²) < 4.78 is 58.5. The molecule has 1 unspecified atom stereocenters. The average molecular weight is 593 g/mol. The van der Waals surface area contributed by atoms with Gasteiger partial charge in [-0.2, -0.15) is 13.2 Å². The zero-order valence-corrected chi connectivity index (χ0v) is 24.2. The van der Waals surface area contributed by atoms with Crippen molar-refractivity contribution < 1.29 is 37.0 Å². The fourth-order valence-corrected chi connectivity index (χ4v) is 4.53. The summed E-state index contributed by atoms with van der Waals surface area (Å²) in [7, 11) is 0. The van der Waals surface area contributed by atoms with Gasteiger partial charge >= 0.3 is 18.2 Å². The van der Waals surface area contributed by atoms with Crippen molar-refractivity contribution in [2.45, 2.75) is 65.5 Å². The van der Waals surface area contributed by atoms with Crippen LogP contribution in [-0.2, 0) is 38.2 Å². The summed E-state index contributed by atoms with van der Waals surface area (Å²) in [5, 5.41) is 7.14. The summed E-state index contributed by atoms with van der Waals surface area (Å²) in [6, 6.07) is 4.61. The van der Waals surface area contributed by atoms with Crippen molar-refractivity contribution in [1.82, 2.24) is 19.9 Å². The van der Waals surface area contributed by atoms with Crippen molar-refractivity contribution >= 4 is 29.2 Å². The zero-order valence-electron chi connectivity index (χ0n) is 24.2. The van der Waals surface area contributed by atoms with Crippen molar-refractivity contribution in [2.24, 2.45) is 0 Å². The number of benzene rings is 1. The Balaban J connectivity index is 1.68. The Morgan fingerprint density at radius 3 is 2.52 bits per heavy atom. The number of aromatic nitrogens is 3. The summed E-state index contributed by atoms with van der Waals surface area (Å²) in [4.78, 5) is 31.4. The number of nitrogens with one attached hydrogen (secondary N) is 1. The van der Waals surface area contributed by atoms with E-state index in [1.165, 1.54) is 24.4 Å². The number of anilines is 2. The van der Waals surface area contributed by atoms with E-state index in [9.17, 15) is 22.8 Å². The molecule has 14 heteroatoms. The van der Waals surface area contributed by atoms with Crippen LogP contribution in [0.1, 0.15) is 55.8 Å². The molecule has 0 saturated carbocycles. The van der Waals surface area contributed by atoms with Crippen LogP contribution in [0.25, 0.3) is 5.65 Å². The molecule has 11 nitrogen and oxygen atoms in total. The number of esters is 1. The molecule has 3 N–H and O–H groups in total. The van der Waals surface area contributed by atoms with E-state index in [-0.39, 0.29) is 29.9 Å². The fourth-order valence-electron chi connectivity index (χ4n) is 4.53. The van der Waals surface area contributed by atoms with Crippen LogP contribution < -0.4 is 16.0 Å². The molecule has 0 spiro atoms. The number of carbonyl (C=O) groups is 2. The van der Waals surface area contributed by atoms with Gasteiger partial charge < -0.3 is 30.2 Å². The first-order valence-corrected chi connectivity index (χ1v) is 13.5. The van der Waals surface area contributed by atoms with Gasteiger partial charge in [-0.05, 0) is 51.8 Å². The van der Waals surface area contributed by atoms with Gasteiger partial charge in [0.15, 0.2) is 11.5 Å². The topological polar surface area (TPSA) is 133 Å². The van der Waals surface area contributed by atoms with Gasteiger partial charge in [0.05, 0.1) is 30.2 Å². The lowest BCUT2D eigenvalue weighted by Crippen LogP contribution is -2.42. The number of nitrogen functional groups attached to an aromatic ring is 1. The molecule has 0 radical (unpaired) electrons. The molecule has 3 aromatic rings. The average Bonchev–Trinajstić information content (AvgIpc) is 3.24. The van der Waals surface area contributed by atoms with E-state index >= 15 is 0 Å².